The van der Waals surface area contributed by atoms with Gasteiger partial charge >= 0.3 is 11.9 Å². The van der Waals surface area contributed by atoms with Gasteiger partial charge in [0.05, 0.1) is 19.1 Å². The zero-order chi connectivity index (χ0) is 22.8. The number of benzene rings is 2. The van der Waals surface area contributed by atoms with Crippen molar-refractivity contribution in [2.24, 2.45) is 5.92 Å². The number of ether oxygens (including phenoxy) is 2. The first-order valence-corrected chi connectivity index (χ1v) is 10.3. The van der Waals surface area contributed by atoms with Crippen LogP contribution < -0.4 is 0 Å². The van der Waals surface area contributed by atoms with Crippen LogP contribution in [0.15, 0.2) is 49.1 Å². The van der Waals surface area contributed by atoms with Gasteiger partial charge in [0.15, 0.2) is 0 Å². The van der Waals surface area contributed by atoms with Crippen molar-refractivity contribution in [1.82, 2.24) is 0 Å². The second kappa shape index (κ2) is 12.0. The maximum atomic E-state index is 14.5. The minimum absolute atomic E-state index is 0.0567. The summed E-state index contributed by atoms with van der Waals surface area (Å²) in [6.45, 7) is 7.24. The second-order valence-electron chi connectivity index (χ2n) is 7.51. The molecule has 0 heterocycles. The highest BCUT2D eigenvalue weighted by molar-refractivity contribution is 5.81. The van der Waals surface area contributed by atoms with Crippen molar-refractivity contribution in [2.75, 3.05) is 13.2 Å². The molecular formula is C25H28F2O4. The van der Waals surface area contributed by atoms with Crippen molar-refractivity contribution in [3.63, 3.8) is 0 Å². The molecule has 4 nitrogen and oxygen atoms in total. The van der Waals surface area contributed by atoms with Gasteiger partial charge in [-0.25, -0.2) is 13.6 Å². The quantitative estimate of drug-likeness (QED) is 0.271. The van der Waals surface area contributed by atoms with Crippen molar-refractivity contribution in [1.29, 1.82) is 0 Å². The van der Waals surface area contributed by atoms with E-state index < -0.39 is 11.8 Å². The fourth-order valence-corrected chi connectivity index (χ4v) is 2.94. The Balaban J connectivity index is 1.91. The molecule has 0 fully saturated rings. The molecule has 2 aromatic rings. The van der Waals surface area contributed by atoms with Crippen LogP contribution in [0.4, 0.5) is 8.78 Å². The molecular weight excluding hydrogens is 402 g/mol. The Kier molecular flexibility index (Phi) is 9.38. The highest BCUT2D eigenvalue weighted by Gasteiger charge is 2.10. The van der Waals surface area contributed by atoms with Crippen LogP contribution in [0.1, 0.15) is 37.8 Å². The number of rotatable bonds is 11. The van der Waals surface area contributed by atoms with E-state index in [-0.39, 0.29) is 30.7 Å². The Bertz CT molecular complexity index is 922. The molecule has 0 unspecified atom stereocenters. The maximum Gasteiger partial charge on any atom is 0.330 e. The molecule has 0 radical (unpaired) electrons. The van der Waals surface area contributed by atoms with Gasteiger partial charge in [0.1, 0.15) is 11.6 Å². The summed E-state index contributed by atoms with van der Waals surface area (Å²) in [5.41, 5.74) is 2.13. The van der Waals surface area contributed by atoms with E-state index in [1.807, 2.05) is 0 Å². The Morgan fingerprint density at radius 3 is 2.00 bits per heavy atom. The predicted molar refractivity (Wildman–Crippen MR) is 115 cm³/mol. The van der Waals surface area contributed by atoms with E-state index >= 15 is 0 Å². The summed E-state index contributed by atoms with van der Waals surface area (Å²) in [5, 5.41) is 0. The molecule has 2 aromatic carbocycles. The Morgan fingerprint density at radius 1 is 0.903 bits per heavy atom. The Morgan fingerprint density at radius 2 is 1.48 bits per heavy atom. The van der Waals surface area contributed by atoms with Gasteiger partial charge in [0.2, 0.25) is 0 Å². The van der Waals surface area contributed by atoms with Gasteiger partial charge in [0, 0.05) is 12.5 Å². The fourth-order valence-electron chi connectivity index (χ4n) is 2.94. The smallest absolute Gasteiger partial charge is 0.330 e. The number of unbranched alkanes of at least 4 members (excludes halogenated alkanes) is 1. The summed E-state index contributed by atoms with van der Waals surface area (Å²) < 4.78 is 38.9. The van der Waals surface area contributed by atoms with E-state index in [2.05, 4.69) is 6.58 Å². The molecule has 2 rings (SSSR count). The maximum absolute atomic E-state index is 14.5. The summed E-state index contributed by atoms with van der Waals surface area (Å²) >= 11 is 0. The molecule has 0 aliphatic carbocycles. The first kappa shape index (κ1) is 24.3. The van der Waals surface area contributed by atoms with E-state index in [4.69, 9.17) is 9.47 Å². The highest BCUT2D eigenvalue weighted by atomic mass is 19.1. The zero-order valence-corrected chi connectivity index (χ0v) is 18.0. The predicted octanol–water partition coefficient (Wildman–Crippen LogP) is 5.43. The van der Waals surface area contributed by atoms with E-state index in [0.717, 1.165) is 6.08 Å². The van der Waals surface area contributed by atoms with E-state index in [0.29, 0.717) is 48.1 Å². The van der Waals surface area contributed by atoms with Gasteiger partial charge in [-0.2, -0.15) is 0 Å². The van der Waals surface area contributed by atoms with Crippen LogP contribution in [0.5, 0.6) is 0 Å². The molecule has 31 heavy (non-hydrogen) atoms. The van der Waals surface area contributed by atoms with Gasteiger partial charge < -0.3 is 9.47 Å². The third-order valence-corrected chi connectivity index (χ3v) is 4.78. The van der Waals surface area contributed by atoms with Gasteiger partial charge in [0.25, 0.3) is 0 Å². The fraction of sp³-hybridized carbons (Fsp3) is 0.360. The Labute approximate surface area is 181 Å². The van der Waals surface area contributed by atoms with E-state index in [1.165, 1.54) is 12.1 Å². The largest absolute Gasteiger partial charge is 0.465 e. The third-order valence-electron chi connectivity index (χ3n) is 4.78. The van der Waals surface area contributed by atoms with Crippen LogP contribution in [-0.2, 0) is 31.9 Å². The third kappa shape index (κ3) is 7.63. The lowest BCUT2D eigenvalue weighted by Crippen LogP contribution is -2.12. The molecule has 0 N–H and O–H groups in total. The second-order valence-corrected chi connectivity index (χ2v) is 7.51. The van der Waals surface area contributed by atoms with Crippen LogP contribution in [0.3, 0.4) is 0 Å². The molecule has 0 saturated carbocycles. The summed E-state index contributed by atoms with van der Waals surface area (Å²) in [7, 11) is 0. The minimum atomic E-state index is -0.552. The zero-order valence-electron chi connectivity index (χ0n) is 18.0. The average Bonchev–Trinajstić information content (AvgIpc) is 2.75. The number of esters is 2. The molecule has 0 saturated heterocycles. The SMILES string of the molecule is C=CC(=O)OCCc1ccc(-c2ccc(CCCCOC(=O)C(C)C)c(F)c2)cc1F. The summed E-state index contributed by atoms with van der Waals surface area (Å²) in [6, 6.07) is 9.53. The number of hydrogen-bond acceptors (Lipinski definition) is 4. The normalized spacial score (nSPS) is 10.7. The molecule has 0 atom stereocenters. The van der Waals surface area contributed by atoms with Crippen molar-refractivity contribution < 1.29 is 27.8 Å². The van der Waals surface area contributed by atoms with Crippen molar-refractivity contribution in [3.8, 4) is 11.1 Å². The molecule has 0 aromatic heterocycles. The lowest BCUT2D eigenvalue weighted by Gasteiger charge is -2.10. The van der Waals surface area contributed by atoms with Gasteiger partial charge in [-0.15, -0.1) is 0 Å². The average molecular weight is 430 g/mol. The molecule has 166 valence electrons. The van der Waals surface area contributed by atoms with Gasteiger partial charge in [-0.05, 0) is 53.6 Å². The standard InChI is InChI=1S/C25H28F2O4/c1-4-24(28)30-14-12-19-9-11-21(16-23(19)27)20-10-8-18(22(26)15-20)7-5-6-13-31-25(29)17(2)3/h4,8-11,15-17H,1,5-7,12-14H2,2-3H3. The molecule has 0 aliphatic rings. The van der Waals surface area contributed by atoms with Gasteiger partial charge in [-0.1, -0.05) is 44.7 Å². The first-order chi connectivity index (χ1) is 14.8. The van der Waals surface area contributed by atoms with Crippen molar-refractivity contribution in [2.45, 2.75) is 39.5 Å². The highest BCUT2D eigenvalue weighted by Crippen LogP contribution is 2.25. The lowest BCUT2D eigenvalue weighted by molar-refractivity contribution is -0.147. The van der Waals surface area contributed by atoms with Crippen molar-refractivity contribution >= 4 is 11.9 Å². The van der Waals surface area contributed by atoms with Crippen LogP contribution >= 0.6 is 0 Å². The lowest BCUT2D eigenvalue weighted by atomic mass is 9.99. The monoisotopic (exact) mass is 430 g/mol. The number of halogens is 2. The topological polar surface area (TPSA) is 52.6 Å². The van der Waals surface area contributed by atoms with E-state index in [9.17, 15) is 18.4 Å². The van der Waals surface area contributed by atoms with Gasteiger partial charge in [-0.3, -0.25) is 4.79 Å². The Hall–Kier alpha value is -3.02. The minimum Gasteiger partial charge on any atom is -0.465 e. The van der Waals surface area contributed by atoms with Crippen LogP contribution in [0, 0.1) is 17.6 Å². The van der Waals surface area contributed by atoms with Crippen molar-refractivity contribution in [3.05, 3.63) is 71.8 Å². The van der Waals surface area contributed by atoms with Crippen LogP contribution in [0.25, 0.3) is 11.1 Å². The number of aryl methyl sites for hydroxylation is 1. The summed E-state index contributed by atoms with van der Waals surface area (Å²) in [4.78, 5) is 22.5. The number of hydrogen-bond donors (Lipinski definition) is 0. The van der Waals surface area contributed by atoms with E-state index in [1.54, 1.807) is 38.1 Å². The molecule has 0 bridgehead atoms. The molecule has 0 amide bonds. The van der Waals surface area contributed by atoms with Crippen LogP contribution in [0.2, 0.25) is 0 Å². The first-order valence-electron chi connectivity index (χ1n) is 10.3. The van der Waals surface area contributed by atoms with Crippen LogP contribution in [-0.4, -0.2) is 25.2 Å². The number of carbonyl (C=O) groups is 2. The summed E-state index contributed by atoms with van der Waals surface area (Å²) in [6.07, 6.45) is 3.18. The molecule has 6 heteroatoms. The molecule has 0 aliphatic heterocycles. The molecule has 0 spiro atoms. The summed E-state index contributed by atoms with van der Waals surface area (Å²) in [5.74, 6) is -1.72. The number of carbonyl (C=O) groups excluding carboxylic acids is 2.